The number of nitrogens with zero attached hydrogens (tertiary/aromatic N) is 2. The zero-order valence-corrected chi connectivity index (χ0v) is 12.1. The lowest BCUT2D eigenvalue weighted by atomic mass is 10.0. The number of hydrogen-bond acceptors (Lipinski definition) is 3. The van der Waals surface area contributed by atoms with E-state index < -0.39 is 0 Å². The average Bonchev–Trinajstić information content (AvgIpc) is 2.81. The summed E-state index contributed by atoms with van der Waals surface area (Å²) in [6.07, 6.45) is 2.49. The van der Waals surface area contributed by atoms with E-state index in [2.05, 4.69) is 42.0 Å². The molecule has 3 rings (SSSR count). The predicted molar refractivity (Wildman–Crippen MR) is 79.3 cm³/mol. The summed E-state index contributed by atoms with van der Waals surface area (Å²) in [6.45, 7) is 6.38. The highest BCUT2D eigenvalue weighted by Gasteiger charge is 2.34. The fraction of sp³-hybridized carbons (Fsp3) is 0.625. The van der Waals surface area contributed by atoms with E-state index in [0.717, 1.165) is 26.2 Å². The summed E-state index contributed by atoms with van der Waals surface area (Å²) in [5.41, 5.74) is 10.5. The topological polar surface area (TPSA) is 32.5 Å². The molecule has 1 aliphatic carbocycles. The molecule has 0 aromatic heterocycles. The molecule has 0 radical (unpaired) electrons. The van der Waals surface area contributed by atoms with Crippen molar-refractivity contribution < 1.29 is 0 Å². The van der Waals surface area contributed by atoms with Gasteiger partial charge in [0.2, 0.25) is 0 Å². The number of piperazine rings is 1. The van der Waals surface area contributed by atoms with E-state index in [1.165, 1.54) is 18.4 Å². The molecule has 1 aromatic carbocycles. The van der Waals surface area contributed by atoms with Gasteiger partial charge >= 0.3 is 0 Å². The number of aryl methyl sites for hydroxylation is 2. The van der Waals surface area contributed by atoms with E-state index >= 15 is 0 Å². The molecular formula is C16H25N3. The number of rotatable bonds is 2. The van der Waals surface area contributed by atoms with Crippen LogP contribution in [-0.4, -0.2) is 49.1 Å². The van der Waals surface area contributed by atoms with Gasteiger partial charge in [0.15, 0.2) is 0 Å². The van der Waals surface area contributed by atoms with Gasteiger partial charge in [0, 0.05) is 38.3 Å². The standard InChI is InChI=1S/C16H25N3/c1-12-3-4-13-5-6-16(15(13)9-12)19-8-7-18(2)11-14(19)10-17/h3-4,9,14,16H,5-8,10-11,17H2,1-2H3. The van der Waals surface area contributed by atoms with Crippen molar-refractivity contribution in [1.29, 1.82) is 0 Å². The van der Waals surface area contributed by atoms with Gasteiger partial charge in [-0.25, -0.2) is 0 Å². The lowest BCUT2D eigenvalue weighted by Crippen LogP contribution is -2.55. The Bertz CT molecular complexity index is 457. The SMILES string of the molecule is Cc1ccc2c(c1)C(N1CCN(C)CC1CN)CC2. The molecule has 2 aliphatic rings. The summed E-state index contributed by atoms with van der Waals surface area (Å²) in [5, 5.41) is 0. The number of hydrogen-bond donors (Lipinski definition) is 1. The molecule has 2 N–H and O–H groups in total. The molecule has 1 saturated heterocycles. The van der Waals surface area contributed by atoms with Gasteiger partial charge in [0.05, 0.1) is 0 Å². The van der Waals surface area contributed by atoms with Gasteiger partial charge in [-0.1, -0.05) is 23.8 Å². The van der Waals surface area contributed by atoms with Gasteiger partial charge in [-0.2, -0.15) is 0 Å². The quantitative estimate of drug-likeness (QED) is 0.875. The van der Waals surface area contributed by atoms with Crippen molar-refractivity contribution in [3.63, 3.8) is 0 Å². The molecule has 0 bridgehead atoms. The molecule has 1 aromatic rings. The maximum atomic E-state index is 6.01. The van der Waals surface area contributed by atoms with E-state index in [0.29, 0.717) is 12.1 Å². The second-order valence-electron chi connectivity index (χ2n) is 6.15. The van der Waals surface area contributed by atoms with Crippen LogP contribution in [0.4, 0.5) is 0 Å². The van der Waals surface area contributed by atoms with Gasteiger partial charge in [-0.05, 0) is 37.9 Å². The lowest BCUT2D eigenvalue weighted by Gasteiger charge is -2.43. The van der Waals surface area contributed by atoms with Crippen molar-refractivity contribution in [2.45, 2.75) is 31.8 Å². The molecule has 2 atom stereocenters. The smallest absolute Gasteiger partial charge is 0.0358 e. The molecule has 19 heavy (non-hydrogen) atoms. The minimum atomic E-state index is 0.509. The summed E-state index contributed by atoms with van der Waals surface area (Å²) in [5.74, 6) is 0. The van der Waals surface area contributed by atoms with Crippen LogP contribution in [0.25, 0.3) is 0 Å². The highest BCUT2D eigenvalue weighted by molar-refractivity contribution is 5.37. The van der Waals surface area contributed by atoms with Crippen molar-refractivity contribution >= 4 is 0 Å². The maximum absolute atomic E-state index is 6.01. The number of nitrogens with two attached hydrogens (primary N) is 1. The van der Waals surface area contributed by atoms with Crippen molar-refractivity contribution in [2.24, 2.45) is 5.73 Å². The Morgan fingerprint density at radius 3 is 2.95 bits per heavy atom. The minimum Gasteiger partial charge on any atom is -0.329 e. The highest BCUT2D eigenvalue weighted by Crippen LogP contribution is 2.37. The molecule has 1 fully saturated rings. The maximum Gasteiger partial charge on any atom is 0.0358 e. The first-order chi connectivity index (χ1) is 9.19. The van der Waals surface area contributed by atoms with Crippen LogP contribution < -0.4 is 5.73 Å². The summed E-state index contributed by atoms with van der Waals surface area (Å²) in [7, 11) is 2.20. The predicted octanol–water partition coefficient (Wildman–Crippen LogP) is 1.56. The Morgan fingerprint density at radius 1 is 1.32 bits per heavy atom. The zero-order valence-electron chi connectivity index (χ0n) is 12.1. The highest BCUT2D eigenvalue weighted by atomic mass is 15.3. The second-order valence-corrected chi connectivity index (χ2v) is 6.15. The van der Waals surface area contributed by atoms with Gasteiger partial charge in [-0.15, -0.1) is 0 Å². The Balaban J connectivity index is 1.86. The van der Waals surface area contributed by atoms with E-state index in [4.69, 9.17) is 5.73 Å². The first-order valence-electron chi connectivity index (χ1n) is 7.43. The molecule has 104 valence electrons. The Kier molecular flexibility index (Phi) is 3.61. The van der Waals surface area contributed by atoms with E-state index in [9.17, 15) is 0 Å². The Morgan fingerprint density at radius 2 is 2.16 bits per heavy atom. The molecule has 2 unspecified atom stereocenters. The molecule has 0 spiro atoms. The van der Waals surface area contributed by atoms with Crippen molar-refractivity contribution in [3.05, 3.63) is 34.9 Å². The molecule has 1 heterocycles. The summed E-state index contributed by atoms with van der Waals surface area (Å²) in [4.78, 5) is 5.06. The summed E-state index contributed by atoms with van der Waals surface area (Å²) >= 11 is 0. The molecule has 0 amide bonds. The fourth-order valence-electron chi connectivity index (χ4n) is 3.69. The van der Waals surface area contributed by atoms with Crippen LogP contribution in [0.1, 0.15) is 29.2 Å². The van der Waals surface area contributed by atoms with E-state index in [1.807, 2.05) is 0 Å². The third kappa shape index (κ3) is 2.42. The Hall–Kier alpha value is -0.900. The van der Waals surface area contributed by atoms with Crippen LogP contribution in [0.15, 0.2) is 18.2 Å². The summed E-state index contributed by atoms with van der Waals surface area (Å²) in [6, 6.07) is 8.05. The first-order valence-corrected chi connectivity index (χ1v) is 7.43. The average molecular weight is 259 g/mol. The van der Waals surface area contributed by atoms with E-state index in [1.54, 1.807) is 11.1 Å². The number of fused-ring (bicyclic) bond motifs is 1. The van der Waals surface area contributed by atoms with Crippen LogP contribution in [0.3, 0.4) is 0 Å². The molecule has 3 heteroatoms. The summed E-state index contributed by atoms with van der Waals surface area (Å²) < 4.78 is 0. The first kappa shape index (κ1) is 13.1. The van der Waals surface area contributed by atoms with Gasteiger partial charge < -0.3 is 10.6 Å². The van der Waals surface area contributed by atoms with Gasteiger partial charge in [-0.3, -0.25) is 4.90 Å². The van der Waals surface area contributed by atoms with Crippen molar-refractivity contribution in [1.82, 2.24) is 9.80 Å². The fourth-order valence-corrected chi connectivity index (χ4v) is 3.69. The molecular weight excluding hydrogens is 234 g/mol. The van der Waals surface area contributed by atoms with Gasteiger partial charge in [0.1, 0.15) is 0 Å². The monoisotopic (exact) mass is 259 g/mol. The second kappa shape index (κ2) is 5.23. The minimum absolute atomic E-state index is 0.509. The van der Waals surface area contributed by atoms with Crippen LogP contribution >= 0.6 is 0 Å². The molecule has 3 nitrogen and oxygen atoms in total. The van der Waals surface area contributed by atoms with E-state index in [-0.39, 0.29) is 0 Å². The Labute approximate surface area is 116 Å². The number of likely N-dealkylation sites (N-methyl/N-ethyl adjacent to an activating group) is 1. The van der Waals surface area contributed by atoms with Crippen LogP contribution in [-0.2, 0) is 6.42 Å². The van der Waals surface area contributed by atoms with Gasteiger partial charge in [0.25, 0.3) is 0 Å². The van der Waals surface area contributed by atoms with Crippen LogP contribution in [0, 0.1) is 6.92 Å². The van der Waals surface area contributed by atoms with Crippen LogP contribution in [0.2, 0.25) is 0 Å². The third-order valence-electron chi connectivity index (χ3n) is 4.75. The lowest BCUT2D eigenvalue weighted by molar-refractivity contribution is 0.0559. The largest absolute Gasteiger partial charge is 0.329 e. The number of benzene rings is 1. The molecule has 1 aliphatic heterocycles. The normalized spacial score (nSPS) is 28.6. The zero-order chi connectivity index (χ0) is 13.4. The van der Waals surface area contributed by atoms with Crippen molar-refractivity contribution in [2.75, 3.05) is 33.2 Å². The third-order valence-corrected chi connectivity index (χ3v) is 4.75. The molecule has 0 saturated carbocycles. The van der Waals surface area contributed by atoms with Crippen LogP contribution in [0.5, 0.6) is 0 Å². The van der Waals surface area contributed by atoms with Crippen molar-refractivity contribution in [3.8, 4) is 0 Å².